The van der Waals surface area contributed by atoms with Crippen LogP contribution in [0.4, 0.5) is 0 Å². The maximum atomic E-state index is 12.2. The van der Waals surface area contributed by atoms with E-state index in [0.717, 1.165) is 5.56 Å². The van der Waals surface area contributed by atoms with Crippen LogP contribution in [0.1, 0.15) is 5.56 Å². The van der Waals surface area contributed by atoms with E-state index in [9.17, 15) is 4.79 Å². The number of ketones is 1. The van der Waals surface area contributed by atoms with E-state index >= 15 is 0 Å². The fourth-order valence-electron chi connectivity index (χ4n) is 2.25. The average molecular weight is 270 g/mol. The third-order valence-electron chi connectivity index (χ3n) is 3.26. The molecule has 3 atom stereocenters. The van der Waals surface area contributed by atoms with Crippen molar-refractivity contribution in [2.45, 2.75) is 17.0 Å². The fourth-order valence-corrected chi connectivity index (χ4v) is 3.61. The molecule has 0 bridgehead atoms. The van der Waals surface area contributed by atoms with Crippen LogP contribution in [0.3, 0.4) is 0 Å². The number of Topliss-reactive ketones (excluding diaryl/α,β-unsaturated/α-hetero) is 1. The molecule has 1 fully saturated rings. The van der Waals surface area contributed by atoms with Crippen molar-refractivity contribution < 1.29 is 4.79 Å². The molecule has 0 saturated carbocycles. The van der Waals surface area contributed by atoms with Gasteiger partial charge in [0.2, 0.25) is 0 Å². The van der Waals surface area contributed by atoms with Crippen LogP contribution in [0, 0.1) is 5.92 Å². The number of hydrogen-bond donors (Lipinski definition) is 0. The molecule has 0 aromatic carbocycles. The van der Waals surface area contributed by atoms with Gasteiger partial charge >= 0.3 is 0 Å². The lowest BCUT2D eigenvalue weighted by atomic mass is 9.95. The van der Waals surface area contributed by atoms with Crippen molar-refractivity contribution in [2.24, 2.45) is 10.9 Å². The van der Waals surface area contributed by atoms with E-state index in [2.05, 4.69) is 16.1 Å². The van der Waals surface area contributed by atoms with Gasteiger partial charge in [0, 0.05) is 23.9 Å². The largest absolute Gasteiger partial charge is 0.297 e. The normalized spacial score (nSPS) is 29.1. The van der Waals surface area contributed by atoms with Gasteiger partial charge in [-0.2, -0.15) is 0 Å². The van der Waals surface area contributed by atoms with Crippen LogP contribution in [0.25, 0.3) is 0 Å². The number of carbonyl (C=O) groups excluding carboxylic acids is 1. The van der Waals surface area contributed by atoms with Crippen LogP contribution in [-0.4, -0.2) is 27.5 Å². The van der Waals surface area contributed by atoms with E-state index < -0.39 is 0 Å². The molecule has 2 aliphatic rings. The minimum atomic E-state index is -0.107. The standard InChI is InChI=1S/C15H14N2OS/c18-15-12-3-1-2-4-13(12)19-14(15)10-17-9-11-5-7-16-8-6-11/h1-8,10,12-14H,9H2/t12-,13+,14?/m0/s1. The summed E-state index contributed by atoms with van der Waals surface area (Å²) in [5, 5.41) is 0.180. The first kappa shape index (κ1) is 12.4. The van der Waals surface area contributed by atoms with Gasteiger partial charge < -0.3 is 0 Å². The number of fused-ring (bicyclic) bond motifs is 1. The average Bonchev–Trinajstić information content (AvgIpc) is 2.78. The molecule has 1 aliphatic heterocycles. The van der Waals surface area contributed by atoms with Gasteiger partial charge in [0.1, 0.15) is 0 Å². The summed E-state index contributed by atoms with van der Waals surface area (Å²) in [6, 6.07) is 3.87. The molecular weight excluding hydrogens is 256 g/mol. The van der Waals surface area contributed by atoms with Crippen molar-refractivity contribution >= 4 is 23.8 Å². The van der Waals surface area contributed by atoms with E-state index in [1.54, 1.807) is 30.4 Å². The molecule has 0 radical (unpaired) electrons. The topological polar surface area (TPSA) is 42.3 Å². The number of aromatic nitrogens is 1. The molecule has 4 heteroatoms. The minimum absolute atomic E-state index is 0.0346. The van der Waals surface area contributed by atoms with Crippen LogP contribution in [0.15, 0.2) is 53.8 Å². The van der Waals surface area contributed by atoms with Crippen molar-refractivity contribution in [3.05, 3.63) is 54.4 Å². The summed E-state index contributed by atoms with van der Waals surface area (Å²) in [5.41, 5.74) is 1.11. The van der Waals surface area contributed by atoms with Gasteiger partial charge in [0.05, 0.1) is 17.7 Å². The molecule has 2 heterocycles. The van der Waals surface area contributed by atoms with Gasteiger partial charge in [0.15, 0.2) is 5.78 Å². The SMILES string of the molecule is O=C1C(C=NCc2ccncc2)S[C@@H]2C=CC=C[C@H]12. The number of allylic oxidation sites excluding steroid dienone is 3. The van der Waals surface area contributed by atoms with E-state index in [1.807, 2.05) is 30.4 Å². The zero-order valence-corrected chi connectivity index (χ0v) is 11.2. The van der Waals surface area contributed by atoms with Crippen molar-refractivity contribution in [1.29, 1.82) is 0 Å². The number of hydrogen-bond acceptors (Lipinski definition) is 4. The Kier molecular flexibility index (Phi) is 3.60. The summed E-state index contributed by atoms with van der Waals surface area (Å²) in [5.74, 6) is 0.307. The third kappa shape index (κ3) is 2.68. The summed E-state index contributed by atoms with van der Waals surface area (Å²) in [4.78, 5) is 20.5. The second-order valence-corrected chi connectivity index (χ2v) is 5.89. The van der Waals surface area contributed by atoms with Gasteiger partial charge in [-0.05, 0) is 17.7 Å². The molecule has 1 aromatic heterocycles. The first-order valence-electron chi connectivity index (χ1n) is 6.27. The highest BCUT2D eigenvalue weighted by Gasteiger charge is 2.39. The molecule has 1 aromatic rings. The highest BCUT2D eigenvalue weighted by atomic mass is 32.2. The Morgan fingerprint density at radius 3 is 2.84 bits per heavy atom. The van der Waals surface area contributed by atoms with E-state index in [4.69, 9.17) is 0 Å². The maximum absolute atomic E-state index is 12.2. The molecule has 0 spiro atoms. The van der Waals surface area contributed by atoms with Gasteiger partial charge in [-0.1, -0.05) is 24.3 Å². The third-order valence-corrected chi connectivity index (χ3v) is 4.67. The van der Waals surface area contributed by atoms with E-state index in [0.29, 0.717) is 6.54 Å². The Bertz CT molecular complexity index is 551. The summed E-state index contributed by atoms with van der Waals surface area (Å²) < 4.78 is 0. The lowest BCUT2D eigenvalue weighted by Gasteiger charge is -2.10. The Morgan fingerprint density at radius 2 is 2.05 bits per heavy atom. The Balaban J connectivity index is 1.63. The molecule has 3 nitrogen and oxygen atoms in total. The maximum Gasteiger partial charge on any atom is 0.159 e. The highest BCUT2D eigenvalue weighted by molar-refractivity contribution is 8.02. The second kappa shape index (κ2) is 5.53. The predicted molar refractivity (Wildman–Crippen MR) is 78.4 cm³/mol. The highest BCUT2D eigenvalue weighted by Crippen LogP contribution is 2.38. The summed E-state index contributed by atoms with van der Waals surface area (Å²) >= 11 is 1.69. The molecule has 19 heavy (non-hydrogen) atoms. The smallest absolute Gasteiger partial charge is 0.159 e. The first-order chi connectivity index (χ1) is 9.34. The van der Waals surface area contributed by atoms with Crippen molar-refractivity contribution in [3.8, 4) is 0 Å². The Morgan fingerprint density at radius 1 is 1.26 bits per heavy atom. The second-order valence-electron chi connectivity index (χ2n) is 4.56. The first-order valence-corrected chi connectivity index (χ1v) is 7.22. The van der Waals surface area contributed by atoms with Gasteiger partial charge in [-0.25, -0.2) is 0 Å². The molecule has 3 rings (SSSR count). The number of rotatable bonds is 3. The lowest BCUT2D eigenvalue weighted by Crippen LogP contribution is -2.21. The number of thioether (sulfide) groups is 1. The lowest BCUT2D eigenvalue weighted by molar-refractivity contribution is -0.119. The quantitative estimate of drug-likeness (QED) is 0.792. The van der Waals surface area contributed by atoms with Crippen molar-refractivity contribution in [1.82, 2.24) is 4.98 Å². The summed E-state index contributed by atoms with van der Waals surface area (Å²) in [6.07, 6.45) is 13.4. The molecule has 96 valence electrons. The van der Waals surface area contributed by atoms with Crippen LogP contribution in [0.2, 0.25) is 0 Å². The molecular formula is C15H14N2OS. The van der Waals surface area contributed by atoms with E-state index in [-0.39, 0.29) is 22.2 Å². The number of aliphatic imine (C=N–C) groups is 1. The summed E-state index contributed by atoms with van der Waals surface area (Å²) in [6.45, 7) is 0.605. The molecule has 1 saturated heterocycles. The zero-order valence-electron chi connectivity index (χ0n) is 10.3. The monoisotopic (exact) mass is 270 g/mol. The van der Waals surface area contributed by atoms with Crippen LogP contribution < -0.4 is 0 Å². The molecule has 0 amide bonds. The van der Waals surface area contributed by atoms with Crippen molar-refractivity contribution in [2.75, 3.05) is 0 Å². The number of nitrogens with zero attached hydrogens (tertiary/aromatic N) is 2. The van der Waals surface area contributed by atoms with Gasteiger partial charge in [-0.3, -0.25) is 14.8 Å². The van der Waals surface area contributed by atoms with Gasteiger partial charge in [-0.15, -0.1) is 11.8 Å². The number of pyridine rings is 1. The minimum Gasteiger partial charge on any atom is -0.297 e. The Hall–Kier alpha value is -1.68. The van der Waals surface area contributed by atoms with Crippen LogP contribution >= 0.6 is 11.8 Å². The predicted octanol–water partition coefficient (Wildman–Crippen LogP) is 2.45. The molecule has 1 unspecified atom stereocenters. The van der Waals surface area contributed by atoms with Gasteiger partial charge in [0.25, 0.3) is 0 Å². The number of carbonyl (C=O) groups is 1. The molecule has 0 N–H and O–H groups in total. The zero-order chi connectivity index (χ0) is 13.1. The molecule has 1 aliphatic carbocycles. The van der Waals surface area contributed by atoms with Crippen molar-refractivity contribution in [3.63, 3.8) is 0 Å². The van der Waals surface area contributed by atoms with E-state index in [1.165, 1.54) is 0 Å². The van der Waals surface area contributed by atoms with Crippen LogP contribution in [-0.2, 0) is 11.3 Å². The Labute approximate surface area is 116 Å². The fraction of sp³-hybridized carbons (Fsp3) is 0.267. The van der Waals surface area contributed by atoms with Crippen LogP contribution in [0.5, 0.6) is 0 Å². The summed E-state index contributed by atoms with van der Waals surface area (Å²) in [7, 11) is 0.